The lowest BCUT2D eigenvalue weighted by Gasteiger charge is -2.21. The Kier molecular flexibility index (Phi) is 5.40. The molecule has 1 amide bonds. The monoisotopic (exact) mass is 242 g/mol. The van der Waals surface area contributed by atoms with Gasteiger partial charge in [0.15, 0.2) is 0 Å². The van der Waals surface area contributed by atoms with Gasteiger partial charge in [0.2, 0.25) is 15.9 Å². The van der Waals surface area contributed by atoms with Crippen LogP contribution < -0.4 is 10.0 Å². The summed E-state index contributed by atoms with van der Waals surface area (Å²) in [7, 11) is -3.40. The van der Waals surface area contributed by atoms with Crippen LogP contribution in [-0.2, 0) is 14.8 Å². The highest BCUT2D eigenvalue weighted by Gasteiger charge is 2.22. The van der Waals surface area contributed by atoms with Crippen molar-refractivity contribution in [2.75, 3.05) is 19.3 Å². The van der Waals surface area contributed by atoms with E-state index in [0.717, 1.165) is 25.6 Å². The Morgan fingerprint density at radius 2 is 2.14 bits per heavy atom. The Morgan fingerprint density at radius 1 is 1.50 bits per heavy atom. The van der Waals surface area contributed by atoms with Gasteiger partial charge < -0.3 is 5.32 Å². The highest BCUT2D eigenvalue weighted by molar-refractivity contribution is 7.89. The second kappa shape index (κ2) is 5.53. The van der Waals surface area contributed by atoms with Crippen molar-refractivity contribution in [3.05, 3.63) is 0 Å². The molecule has 0 unspecified atom stereocenters. The maximum absolute atomic E-state index is 11.3. The van der Waals surface area contributed by atoms with Gasteiger partial charge in [0.05, 0.1) is 12.2 Å². The highest BCUT2D eigenvalue weighted by Crippen LogP contribution is 2.09. The fourth-order valence-corrected chi connectivity index (χ4v) is 1.87. The van der Waals surface area contributed by atoms with Gasteiger partial charge in [-0.3, -0.25) is 9.52 Å². The van der Waals surface area contributed by atoms with Gasteiger partial charge in [-0.2, -0.15) is 0 Å². The van der Waals surface area contributed by atoms with Gasteiger partial charge in [-0.15, -0.1) is 12.4 Å². The maximum atomic E-state index is 11.3. The fourth-order valence-electron chi connectivity index (χ4n) is 1.34. The normalized spacial score (nSPS) is 22.2. The minimum Gasteiger partial charge on any atom is -0.316 e. The third-order valence-electron chi connectivity index (χ3n) is 1.95. The molecule has 0 spiro atoms. The fraction of sp³-hybridized carbons (Fsp3) is 0.857. The molecular weight excluding hydrogens is 228 g/mol. The molecule has 1 aliphatic rings. The van der Waals surface area contributed by atoms with Crippen LogP contribution in [0.1, 0.15) is 12.8 Å². The average molecular weight is 243 g/mol. The lowest BCUT2D eigenvalue weighted by Crippen LogP contribution is -2.42. The number of hydrogen-bond acceptors (Lipinski definition) is 4. The summed E-state index contributed by atoms with van der Waals surface area (Å²) in [6.45, 7) is 1.48. The van der Waals surface area contributed by atoms with Crippen LogP contribution in [0.25, 0.3) is 0 Å². The van der Waals surface area contributed by atoms with E-state index in [1.54, 1.807) is 0 Å². The first kappa shape index (κ1) is 13.7. The van der Waals surface area contributed by atoms with Crippen LogP contribution in [0, 0.1) is 5.92 Å². The minimum absolute atomic E-state index is 0. The number of carbonyl (C=O) groups is 1. The summed E-state index contributed by atoms with van der Waals surface area (Å²) in [5.74, 6) is -0.599. The quantitative estimate of drug-likeness (QED) is 0.684. The molecule has 14 heavy (non-hydrogen) atoms. The molecule has 1 heterocycles. The number of piperidine rings is 1. The smallest absolute Gasteiger partial charge is 0.237 e. The summed E-state index contributed by atoms with van der Waals surface area (Å²) in [5, 5.41) is 3.05. The molecule has 0 saturated carbocycles. The predicted octanol–water partition coefficient (Wildman–Crippen LogP) is -0.516. The van der Waals surface area contributed by atoms with E-state index in [0.29, 0.717) is 6.54 Å². The number of carbonyl (C=O) groups excluding carboxylic acids is 1. The first-order valence-corrected chi connectivity index (χ1v) is 6.10. The molecule has 1 fully saturated rings. The molecule has 0 bridgehead atoms. The number of sulfonamides is 1. The lowest BCUT2D eigenvalue weighted by atomic mass is 9.99. The number of halogens is 1. The maximum Gasteiger partial charge on any atom is 0.237 e. The van der Waals surface area contributed by atoms with Crippen molar-refractivity contribution in [2.24, 2.45) is 5.92 Å². The third-order valence-corrected chi connectivity index (χ3v) is 2.53. The van der Waals surface area contributed by atoms with E-state index in [4.69, 9.17) is 0 Å². The van der Waals surface area contributed by atoms with E-state index in [9.17, 15) is 13.2 Å². The molecular formula is C7H15ClN2O3S. The van der Waals surface area contributed by atoms with Crippen molar-refractivity contribution in [2.45, 2.75) is 12.8 Å². The second-order valence-electron chi connectivity index (χ2n) is 3.28. The van der Waals surface area contributed by atoms with Crippen molar-refractivity contribution < 1.29 is 13.2 Å². The molecule has 5 nitrogen and oxygen atoms in total. The van der Waals surface area contributed by atoms with Gasteiger partial charge in [-0.1, -0.05) is 0 Å². The van der Waals surface area contributed by atoms with Crippen molar-refractivity contribution in [3.8, 4) is 0 Å². The van der Waals surface area contributed by atoms with Crippen LogP contribution in [0.3, 0.4) is 0 Å². The first-order chi connectivity index (χ1) is 5.99. The van der Waals surface area contributed by atoms with Crippen molar-refractivity contribution >= 4 is 28.3 Å². The largest absolute Gasteiger partial charge is 0.316 e. The van der Waals surface area contributed by atoms with Gasteiger partial charge in [-0.05, 0) is 19.4 Å². The van der Waals surface area contributed by atoms with Crippen molar-refractivity contribution in [1.29, 1.82) is 0 Å². The van der Waals surface area contributed by atoms with Gasteiger partial charge >= 0.3 is 0 Å². The zero-order valence-electron chi connectivity index (χ0n) is 7.95. The molecule has 7 heteroatoms. The lowest BCUT2D eigenvalue weighted by molar-refractivity contribution is -0.123. The van der Waals surface area contributed by atoms with Crippen molar-refractivity contribution in [1.82, 2.24) is 10.0 Å². The first-order valence-electron chi connectivity index (χ1n) is 4.21. The van der Waals surface area contributed by atoms with E-state index < -0.39 is 15.9 Å². The van der Waals surface area contributed by atoms with Crippen LogP contribution in [0.5, 0.6) is 0 Å². The van der Waals surface area contributed by atoms with E-state index in [1.165, 1.54) is 0 Å². The van der Waals surface area contributed by atoms with Crippen LogP contribution >= 0.6 is 12.4 Å². The molecule has 1 aliphatic heterocycles. The van der Waals surface area contributed by atoms with Gasteiger partial charge in [0, 0.05) is 6.54 Å². The topological polar surface area (TPSA) is 75.3 Å². The number of amides is 1. The Balaban J connectivity index is 0.00000169. The predicted molar refractivity (Wildman–Crippen MR) is 55.8 cm³/mol. The number of nitrogens with one attached hydrogen (secondary N) is 2. The third kappa shape index (κ3) is 4.78. The summed E-state index contributed by atoms with van der Waals surface area (Å²) in [5.41, 5.74) is 0. The molecule has 0 radical (unpaired) electrons. The molecule has 1 saturated heterocycles. The number of rotatable bonds is 2. The second-order valence-corrected chi connectivity index (χ2v) is 5.03. The van der Waals surface area contributed by atoms with E-state index in [-0.39, 0.29) is 18.3 Å². The van der Waals surface area contributed by atoms with E-state index >= 15 is 0 Å². The molecule has 84 valence electrons. The number of hydrogen-bond donors (Lipinski definition) is 2. The van der Waals surface area contributed by atoms with Crippen LogP contribution in [0.15, 0.2) is 0 Å². The summed E-state index contributed by atoms with van der Waals surface area (Å²) in [6, 6.07) is 0. The van der Waals surface area contributed by atoms with E-state index in [2.05, 4.69) is 5.32 Å². The van der Waals surface area contributed by atoms with Crippen molar-refractivity contribution in [3.63, 3.8) is 0 Å². The summed E-state index contributed by atoms with van der Waals surface area (Å²) >= 11 is 0. The molecule has 1 atom stereocenters. The molecule has 0 aromatic rings. The van der Waals surface area contributed by atoms with E-state index in [1.807, 2.05) is 4.72 Å². The molecule has 0 aliphatic carbocycles. The van der Waals surface area contributed by atoms with Crippen LogP contribution in [-0.4, -0.2) is 33.7 Å². The molecule has 0 aromatic heterocycles. The SMILES string of the molecule is CS(=O)(=O)NC(=O)[C@@H]1CCCNC1.Cl. The Morgan fingerprint density at radius 3 is 2.57 bits per heavy atom. The Labute approximate surface area is 90.1 Å². The zero-order chi connectivity index (χ0) is 9.90. The standard InChI is InChI=1S/C7H14N2O3S.ClH/c1-13(11,12)9-7(10)6-3-2-4-8-5-6;/h6,8H,2-5H2,1H3,(H,9,10);1H/t6-;/m1./s1. The average Bonchev–Trinajstić information content (AvgIpc) is 2.03. The summed E-state index contributed by atoms with van der Waals surface area (Å²) < 4.78 is 23.4. The molecule has 0 aromatic carbocycles. The molecule has 2 N–H and O–H groups in total. The van der Waals surface area contributed by atoms with Crippen LogP contribution in [0.2, 0.25) is 0 Å². The minimum atomic E-state index is -3.40. The van der Waals surface area contributed by atoms with Gasteiger partial charge in [-0.25, -0.2) is 8.42 Å². The summed E-state index contributed by atoms with van der Waals surface area (Å²) in [6.07, 6.45) is 2.66. The highest BCUT2D eigenvalue weighted by atomic mass is 35.5. The van der Waals surface area contributed by atoms with Gasteiger partial charge in [0.1, 0.15) is 0 Å². The zero-order valence-corrected chi connectivity index (χ0v) is 9.58. The molecule has 1 rings (SSSR count). The Hall–Kier alpha value is -0.330. The van der Waals surface area contributed by atoms with Gasteiger partial charge in [0.25, 0.3) is 0 Å². The Bertz CT molecular complexity index is 285. The van der Waals surface area contributed by atoms with Crippen LogP contribution in [0.4, 0.5) is 0 Å². The summed E-state index contributed by atoms with van der Waals surface area (Å²) in [4.78, 5) is 11.3.